The molecular formula is C17H16ClNO4. The van der Waals surface area contributed by atoms with Crippen molar-refractivity contribution in [1.29, 1.82) is 0 Å². The molecule has 120 valence electrons. The third kappa shape index (κ3) is 4.47. The summed E-state index contributed by atoms with van der Waals surface area (Å²) in [7, 11) is 0. The van der Waals surface area contributed by atoms with Crippen LogP contribution in [-0.2, 0) is 4.74 Å². The number of aliphatic imine (C=N–C) groups is 1. The standard InChI is InChI=1S/C17H16ClNO4/c1-10(2)23-17(22)14-5-3-12(8-15(14)18)19-9-11-7-13(20)4-6-16(11)21/h3-10,20-21H,1-2H3. The van der Waals surface area contributed by atoms with Crippen LogP contribution >= 0.6 is 11.6 Å². The third-order valence-corrected chi connectivity index (χ3v) is 3.19. The molecule has 0 aromatic heterocycles. The van der Waals surface area contributed by atoms with Crippen molar-refractivity contribution in [2.75, 3.05) is 0 Å². The van der Waals surface area contributed by atoms with Crippen LogP contribution in [0.3, 0.4) is 0 Å². The number of phenols is 2. The molecule has 2 aromatic rings. The topological polar surface area (TPSA) is 79.1 Å². The van der Waals surface area contributed by atoms with Gasteiger partial charge in [-0.3, -0.25) is 4.99 Å². The molecule has 0 aliphatic carbocycles. The molecular weight excluding hydrogens is 318 g/mol. The Morgan fingerprint density at radius 3 is 2.61 bits per heavy atom. The van der Waals surface area contributed by atoms with Crippen molar-refractivity contribution >= 4 is 29.5 Å². The fraction of sp³-hybridized carbons (Fsp3) is 0.176. The summed E-state index contributed by atoms with van der Waals surface area (Å²) in [6.45, 7) is 3.51. The Morgan fingerprint density at radius 1 is 1.22 bits per heavy atom. The minimum Gasteiger partial charge on any atom is -0.508 e. The van der Waals surface area contributed by atoms with Gasteiger partial charge in [0.25, 0.3) is 0 Å². The summed E-state index contributed by atoms with van der Waals surface area (Å²) < 4.78 is 5.09. The van der Waals surface area contributed by atoms with Crippen molar-refractivity contribution in [2.24, 2.45) is 4.99 Å². The number of hydrogen-bond acceptors (Lipinski definition) is 5. The third-order valence-electron chi connectivity index (χ3n) is 2.88. The zero-order chi connectivity index (χ0) is 17.0. The average molecular weight is 334 g/mol. The number of benzene rings is 2. The number of hydrogen-bond donors (Lipinski definition) is 2. The van der Waals surface area contributed by atoms with Gasteiger partial charge in [-0.2, -0.15) is 0 Å². The number of carbonyl (C=O) groups is 1. The average Bonchev–Trinajstić information content (AvgIpc) is 2.47. The number of carbonyl (C=O) groups excluding carboxylic acids is 1. The number of esters is 1. The number of halogens is 1. The monoisotopic (exact) mass is 333 g/mol. The van der Waals surface area contributed by atoms with E-state index in [0.29, 0.717) is 11.3 Å². The van der Waals surface area contributed by atoms with Crippen molar-refractivity contribution < 1.29 is 19.7 Å². The molecule has 0 saturated carbocycles. The zero-order valence-corrected chi connectivity index (χ0v) is 13.4. The second-order valence-corrected chi connectivity index (χ2v) is 5.53. The van der Waals surface area contributed by atoms with Gasteiger partial charge in [-0.05, 0) is 50.2 Å². The van der Waals surface area contributed by atoms with Gasteiger partial charge in [0.2, 0.25) is 0 Å². The van der Waals surface area contributed by atoms with E-state index in [1.807, 2.05) is 0 Å². The number of phenolic OH excluding ortho intramolecular Hbond substituents is 2. The van der Waals surface area contributed by atoms with Crippen LogP contribution in [0.2, 0.25) is 5.02 Å². The van der Waals surface area contributed by atoms with Crippen molar-refractivity contribution in [3.63, 3.8) is 0 Å². The Morgan fingerprint density at radius 2 is 1.96 bits per heavy atom. The molecule has 0 unspecified atom stereocenters. The Kier molecular flexibility index (Phi) is 5.24. The van der Waals surface area contributed by atoms with Gasteiger partial charge < -0.3 is 14.9 Å². The fourth-order valence-corrected chi connectivity index (χ4v) is 2.07. The van der Waals surface area contributed by atoms with E-state index in [2.05, 4.69) is 4.99 Å². The summed E-state index contributed by atoms with van der Waals surface area (Å²) in [6.07, 6.45) is 1.16. The minimum atomic E-state index is -0.494. The highest BCUT2D eigenvalue weighted by Gasteiger charge is 2.13. The van der Waals surface area contributed by atoms with E-state index in [1.165, 1.54) is 36.5 Å². The van der Waals surface area contributed by atoms with Gasteiger partial charge in [-0.1, -0.05) is 11.6 Å². The molecule has 0 saturated heterocycles. The largest absolute Gasteiger partial charge is 0.508 e. The molecule has 2 aromatic carbocycles. The van der Waals surface area contributed by atoms with Crippen LogP contribution < -0.4 is 0 Å². The molecule has 0 heterocycles. The second-order valence-electron chi connectivity index (χ2n) is 5.12. The maximum Gasteiger partial charge on any atom is 0.339 e. The van der Waals surface area contributed by atoms with E-state index in [9.17, 15) is 15.0 Å². The van der Waals surface area contributed by atoms with Gasteiger partial charge in [-0.25, -0.2) is 4.79 Å². The van der Waals surface area contributed by atoms with Crippen molar-refractivity contribution in [1.82, 2.24) is 0 Å². The van der Waals surface area contributed by atoms with Gasteiger partial charge in [-0.15, -0.1) is 0 Å². The SMILES string of the molecule is CC(C)OC(=O)c1ccc(N=Cc2cc(O)ccc2O)cc1Cl. The summed E-state index contributed by atoms with van der Waals surface area (Å²) >= 11 is 6.08. The molecule has 0 amide bonds. The number of rotatable bonds is 4. The Bertz CT molecular complexity index is 756. The van der Waals surface area contributed by atoms with E-state index >= 15 is 0 Å². The quantitative estimate of drug-likeness (QED) is 0.502. The van der Waals surface area contributed by atoms with Crippen LogP contribution in [0, 0.1) is 0 Å². The normalized spacial score (nSPS) is 11.1. The first-order valence-corrected chi connectivity index (χ1v) is 7.31. The summed E-state index contributed by atoms with van der Waals surface area (Å²) in [5, 5.41) is 19.3. The first-order chi connectivity index (χ1) is 10.9. The Labute approximate surface area is 138 Å². The zero-order valence-electron chi connectivity index (χ0n) is 12.7. The molecule has 0 aliphatic heterocycles. The molecule has 0 fully saturated rings. The Hall–Kier alpha value is -2.53. The van der Waals surface area contributed by atoms with Crippen LogP contribution in [0.1, 0.15) is 29.8 Å². The molecule has 6 heteroatoms. The molecule has 0 atom stereocenters. The van der Waals surface area contributed by atoms with Gasteiger partial charge >= 0.3 is 5.97 Å². The summed E-state index contributed by atoms with van der Waals surface area (Å²) in [5.74, 6) is -0.477. The lowest BCUT2D eigenvalue weighted by molar-refractivity contribution is 0.0378. The van der Waals surface area contributed by atoms with Crippen LogP contribution in [0.15, 0.2) is 41.4 Å². The van der Waals surface area contributed by atoms with Gasteiger partial charge in [0, 0.05) is 11.8 Å². The van der Waals surface area contributed by atoms with Gasteiger partial charge in [0.1, 0.15) is 11.5 Å². The van der Waals surface area contributed by atoms with E-state index in [0.717, 1.165) is 0 Å². The first-order valence-electron chi connectivity index (χ1n) is 6.93. The van der Waals surface area contributed by atoms with Crippen LogP contribution in [0.5, 0.6) is 11.5 Å². The molecule has 2 N–H and O–H groups in total. The molecule has 23 heavy (non-hydrogen) atoms. The van der Waals surface area contributed by atoms with E-state index in [1.54, 1.807) is 19.9 Å². The second kappa shape index (κ2) is 7.15. The molecule has 0 aliphatic rings. The highest BCUT2D eigenvalue weighted by molar-refractivity contribution is 6.33. The number of aromatic hydroxyl groups is 2. The van der Waals surface area contributed by atoms with Crippen LogP contribution in [-0.4, -0.2) is 28.5 Å². The van der Waals surface area contributed by atoms with E-state index in [-0.39, 0.29) is 28.2 Å². The molecule has 5 nitrogen and oxygen atoms in total. The van der Waals surface area contributed by atoms with Crippen LogP contribution in [0.25, 0.3) is 0 Å². The lowest BCUT2D eigenvalue weighted by Crippen LogP contribution is -2.11. The molecule has 2 rings (SSSR count). The highest BCUT2D eigenvalue weighted by Crippen LogP contribution is 2.25. The minimum absolute atomic E-state index is 0.00483. The predicted octanol–water partition coefficient (Wildman–Crippen LogP) is 4.07. The Balaban J connectivity index is 2.22. The first kappa shape index (κ1) is 16.8. The predicted molar refractivity (Wildman–Crippen MR) is 89.0 cm³/mol. The van der Waals surface area contributed by atoms with Crippen molar-refractivity contribution in [2.45, 2.75) is 20.0 Å². The molecule has 0 spiro atoms. The molecule has 0 radical (unpaired) electrons. The summed E-state index contributed by atoms with van der Waals surface area (Å²) in [6, 6.07) is 8.79. The summed E-state index contributed by atoms with van der Waals surface area (Å²) in [5.41, 5.74) is 1.13. The number of ether oxygens (including phenoxy) is 1. The fourth-order valence-electron chi connectivity index (χ4n) is 1.82. The maximum atomic E-state index is 11.8. The highest BCUT2D eigenvalue weighted by atomic mass is 35.5. The lowest BCUT2D eigenvalue weighted by atomic mass is 10.2. The smallest absolute Gasteiger partial charge is 0.339 e. The molecule has 0 bridgehead atoms. The number of nitrogens with zero attached hydrogens (tertiary/aromatic N) is 1. The summed E-state index contributed by atoms with van der Waals surface area (Å²) in [4.78, 5) is 16.0. The van der Waals surface area contributed by atoms with Crippen LogP contribution in [0.4, 0.5) is 5.69 Å². The van der Waals surface area contributed by atoms with Crippen molar-refractivity contribution in [3.8, 4) is 11.5 Å². The van der Waals surface area contributed by atoms with E-state index in [4.69, 9.17) is 16.3 Å². The van der Waals surface area contributed by atoms with E-state index < -0.39 is 5.97 Å². The van der Waals surface area contributed by atoms with Crippen molar-refractivity contribution in [3.05, 3.63) is 52.5 Å². The lowest BCUT2D eigenvalue weighted by Gasteiger charge is -2.09. The van der Waals surface area contributed by atoms with Gasteiger partial charge in [0.05, 0.1) is 22.4 Å². The van der Waals surface area contributed by atoms with Gasteiger partial charge in [0.15, 0.2) is 0 Å². The maximum absolute atomic E-state index is 11.8.